The lowest BCUT2D eigenvalue weighted by Crippen LogP contribution is -2.01. The lowest BCUT2D eigenvalue weighted by molar-refractivity contribution is 0.206. The Balaban J connectivity index is 3.14. The number of hydrogen-bond acceptors (Lipinski definition) is 2. The van der Waals surface area contributed by atoms with Gasteiger partial charge in [-0.05, 0) is 6.42 Å². The SMILES string of the molecule is CCCCCCCCC(O)/C=C/CO. The van der Waals surface area contributed by atoms with Gasteiger partial charge in [-0.1, -0.05) is 57.6 Å². The highest BCUT2D eigenvalue weighted by atomic mass is 16.3. The van der Waals surface area contributed by atoms with Crippen LogP contribution in [-0.4, -0.2) is 22.9 Å². The fourth-order valence-electron chi connectivity index (χ4n) is 1.45. The molecule has 2 nitrogen and oxygen atoms in total. The van der Waals surface area contributed by atoms with Crippen molar-refractivity contribution in [2.75, 3.05) is 6.61 Å². The Morgan fingerprint density at radius 3 is 2.36 bits per heavy atom. The molecule has 0 aliphatic heterocycles. The average molecular weight is 200 g/mol. The van der Waals surface area contributed by atoms with E-state index >= 15 is 0 Å². The van der Waals surface area contributed by atoms with Gasteiger partial charge in [0.1, 0.15) is 0 Å². The summed E-state index contributed by atoms with van der Waals surface area (Å²) in [7, 11) is 0. The number of unbranched alkanes of at least 4 members (excludes halogenated alkanes) is 5. The van der Waals surface area contributed by atoms with Crippen molar-refractivity contribution in [3.05, 3.63) is 12.2 Å². The first kappa shape index (κ1) is 13.7. The van der Waals surface area contributed by atoms with Crippen molar-refractivity contribution >= 4 is 0 Å². The minimum absolute atomic E-state index is 0.0214. The van der Waals surface area contributed by atoms with E-state index in [1.165, 1.54) is 32.1 Å². The zero-order valence-electron chi connectivity index (χ0n) is 9.28. The van der Waals surface area contributed by atoms with Crippen LogP contribution in [0.1, 0.15) is 51.9 Å². The molecule has 0 amide bonds. The molecule has 0 rings (SSSR count). The van der Waals surface area contributed by atoms with Gasteiger partial charge in [0.15, 0.2) is 0 Å². The Morgan fingerprint density at radius 1 is 1.07 bits per heavy atom. The fourth-order valence-corrected chi connectivity index (χ4v) is 1.45. The normalized spacial score (nSPS) is 13.6. The van der Waals surface area contributed by atoms with Crippen molar-refractivity contribution < 1.29 is 10.2 Å². The van der Waals surface area contributed by atoms with Gasteiger partial charge in [0.2, 0.25) is 0 Å². The van der Waals surface area contributed by atoms with Gasteiger partial charge in [-0.25, -0.2) is 0 Å². The van der Waals surface area contributed by atoms with Crippen molar-refractivity contribution in [1.29, 1.82) is 0 Å². The zero-order valence-corrected chi connectivity index (χ0v) is 9.28. The minimum Gasteiger partial charge on any atom is -0.392 e. The quantitative estimate of drug-likeness (QED) is 0.444. The van der Waals surface area contributed by atoms with E-state index in [2.05, 4.69) is 6.92 Å². The summed E-state index contributed by atoms with van der Waals surface area (Å²) >= 11 is 0. The Labute approximate surface area is 87.7 Å². The van der Waals surface area contributed by atoms with Gasteiger partial charge in [0, 0.05) is 0 Å². The smallest absolute Gasteiger partial charge is 0.0721 e. The minimum atomic E-state index is -0.367. The lowest BCUT2D eigenvalue weighted by atomic mass is 10.1. The predicted octanol–water partition coefficient (Wildman–Crippen LogP) is 2.65. The fraction of sp³-hybridized carbons (Fsp3) is 0.833. The molecule has 1 unspecified atom stereocenters. The summed E-state index contributed by atoms with van der Waals surface area (Å²) in [6, 6.07) is 0. The van der Waals surface area contributed by atoms with Crippen LogP contribution in [0.15, 0.2) is 12.2 Å². The molecule has 2 heteroatoms. The van der Waals surface area contributed by atoms with E-state index in [9.17, 15) is 5.11 Å². The molecule has 0 saturated carbocycles. The van der Waals surface area contributed by atoms with Crippen LogP contribution < -0.4 is 0 Å². The van der Waals surface area contributed by atoms with Crippen LogP contribution in [-0.2, 0) is 0 Å². The molecule has 0 aromatic carbocycles. The van der Waals surface area contributed by atoms with Crippen LogP contribution in [0.25, 0.3) is 0 Å². The van der Waals surface area contributed by atoms with E-state index in [4.69, 9.17) is 5.11 Å². The first-order valence-corrected chi connectivity index (χ1v) is 5.76. The third kappa shape index (κ3) is 9.75. The van der Waals surface area contributed by atoms with Crippen LogP contribution in [0, 0.1) is 0 Å². The van der Waals surface area contributed by atoms with Crippen LogP contribution in [0.2, 0.25) is 0 Å². The molecular formula is C12H24O2. The van der Waals surface area contributed by atoms with Crippen molar-refractivity contribution in [1.82, 2.24) is 0 Å². The van der Waals surface area contributed by atoms with E-state index < -0.39 is 0 Å². The maximum atomic E-state index is 9.39. The molecule has 14 heavy (non-hydrogen) atoms. The van der Waals surface area contributed by atoms with E-state index in [0.717, 1.165) is 12.8 Å². The number of aliphatic hydroxyl groups excluding tert-OH is 2. The number of aliphatic hydroxyl groups is 2. The molecule has 0 heterocycles. The second kappa shape index (κ2) is 10.7. The van der Waals surface area contributed by atoms with Crippen molar-refractivity contribution in [2.24, 2.45) is 0 Å². The molecule has 2 N–H and O–H groups in total. The second-order valence-corrected chi connectivity index (χ2v) is 3.73. The molecule has 0 bridgehead atoms. The molecule has 0 aromatic heterocycles. The van der Waals surface area contributed by atoms with E-state index in [0.29, 0.717) is 0 Å². The van der Waals surface area contributed by atoms with Crippen LogP contribution >= 0.6 is 0 Å². The summed E-state index contributed by atoms with van der Waals surface area (Å²) in [6.45, 7) is 2.23. The van der Waals surface area contributed by atoms with Crippen LogP contribution in [0.4, 0.5) is 0 Å². The molecule has 0 radical (unpaired) electrons. The molecule has 84 valence electrons. The zero-order chi connectivity index (χ0) is 10.6. The molecule has 1 atom stereocenters. The molecule has 0 aromatic rings. The third-order valence-electron chi connectivity index (χ3n) is 2.32. The average Bonchev–Trinajstić information content (AvgIpc) is 2.20. The van der Waals surface area contributed by atoms with Crippen LogP contribution in [0.3, 0.4) is 0 Å². The predicted molar refractivity (Wildman–Crippen MR) is 60.2 cm³/mol. The first-order chi connectivity index (χ1) is 6.81. The van der Waals surface area contributed by atoms with Gasteiger partial charge in [-0.2, -0.15) is 0 Å². The summed E-state index contributed by atoms with van der Waals surface area (Å²) < 4.78 is 0. The highest BCUT2D eigenvalue weighted by molar-refractivity contribution is 4.87. The maximum absolute atomic E-state index is 9.39. The van der Waals surface area contributed by atoms with E-state index in [1.807, 2.05) is 0 Å². The number of rotatable bonds is 9. The standard InChI is InChI=1S/C12H24O2/c1-2-3-4-5-6-7-9-12(14)10-8-11-13/h8,10,12-14H,2-7,9,11H2,1H3/b10-8+. The first-order valence-electron chi connectivity index (χ1n) is 5.76. The monoisotopic (exact) mass is 200 g/mol. The Morgan fingerprint density at radius 2 is 1.71 bits per heavy atom. The highest BCUT2D eigenvalue weighted by Gasteiger charge is 1.97. The highest BCUT2D eigenvalue weighted by Crippen LogP contribution is 2.08. The van der Waals surface area contributed by atoms with E-state index in [-0.39, 0.29) is 12.7 Å². The van der Waals surface area contributed by atoms with Crippen molar-refractivity contribution in [3.63, 3.8) is 0 Å². The summed E-state index contributed by atoms with van der Waals surface area (Å²) in [6.07, 6.45) is 11.2. The molecule has 0 fully saturated rings. The summed E-state index contributed by atoms with van der Waals surface area (Å²) in [4.78, 5) is 0. The van der Waals surface area contributed by atoms with Gasteiger partial charge in [-0.15, -0.1) is 0 Å². The van der Waals surface area contributed by atoms with Gasteiger partial charge in [0.05, 0.1) is 12.7 Å². The Hall–Kier alpha value is -0.340. The van der Waals surface area contributed by atoms with Gasteiger partial charge in [-0.3, -0.25) is 0 Å². The Kier molecular flexibility index (Phi) is 10.5. The topological polar surface area (TPSA) is 40.5 Å². The molecule has 0 spiro atoms. The number of hydrogen-bond donors (Lipinski definition) is 2. The Bertz CT molecular complexity index is 132. The summed E-state index contributed by atoms with van der Waals surface area (Å²) in [5.74, 6) is 0. The van der Waals surface area contributed by atoms with E-state index in [1.54, 1.807) is 12.2 Å². The van der Waals surface area contributed by atoms with Crippen LogP contribution in [0.5, 0.6) is 0 Å². The van der Waals surface area contributed by atoms with Crippen molar-refractivity contribution in [3.8, 4) is 0 Å². The largest absolute Gasteiger partial charge is 0.392 e. The maximum Gasteiger partial charge on any atom is 0.0721 e. The molecule has 0 aliphatic rings. The molecular weight excluding hydrogens is 176 g/mol. The summed E-state index contributed by atoms with van der Waals surface area (Å²) in [5, 5.41) is 17.9. The summed E-state index contributed by atoms with van der Waals surface area (Å²) in [5.41, 5.74) is 0. The van der Waals surface area contributed by atoms with Gasteiger partial charge >= 0.3 is 0 Å². The second-order valence-electron chi connectivity index (χ2n) is 3.73. The lowest BCUT2D eigenvalue weighted by Gasteiger charge is -2.04. The molecule has 0 saturated heterocycles. The van der Waals surface area contributed by atoms with Gasteiger partial charge < -0.3 is 10.2 Å². The van der Waals surface area contributed by atoms with Crippen molar-refractivity contribution in [2.45, 2.75) is 58.0 Å². The molecule has 0 aliphatic carbocycles. The third-order valence-corrected chi connectivity index (χ3v) is 2.32. The van der Waals surface area contributed by atoms with Gasteiger partial charge in [0.25, 0.3) is 0 Å².